The molecule has 0 bridgehead atoms. The van der Waals surface area contributed by atoms with Crippen molar-refractivity contribution in [1.29, 1.82) is 0 Å². The van der Waals surface area contributed by atoms with Crippen LogP contribution in [0, 0.1) is 6.92 Å². The van der Waals surface area contributed by atoms with Gasteiger partial charge in [-0.15, -0.1) is 11.3 Å². The average Bonchev–Trinajstić information content (AvgIpc) is 3.11. The molecule has 0 unspecified atom stereocenters. The molecule has 0 aliphatic heterocycles. The maximum absolute atomic E-state index is 12.0. The molecule has 0 saturated carbocycles. The third-order valence-electron chi connectivity index (χ3n) is 4.53. The Balaban J connectivity index is 1.50. The molecule has 0 aliphatic carbocycles. The first-order valence-corrected chi connectivity index (χ1v) is 10.3. The van der Waals surface area contributed by atoms with Crippen LogP contribution in [0.4, 0.5) is 11.5 Å². The van der Waals surface area contributed by atoms with Crippen LogP contribution in [0.15, 0.2) is 54.9 Å². The van der Waals surface area contributed by atoms with Gasteiger partial charge in [0.25, 0.3) is 0 Å². The fourth-order valence-electron chi connectivity index (χ4n) is 2.97. The van der Waals surface area contributed by atoms with Crippen LogP contribution in [0.3, 0.4) is 0 Å². The molecule has 0 amide bonds. The minimum absolute atomic E-state index is 0.372. The number of esters is 1. The van der Waals surface area contributed by atoms with E-state index in [2.05, 4.69) is 15.3 Å². The Morgan fingerprint density at radius 2 is 1.83 bits per heavy atom. The number of methoxy groups -OCH3 is 1. The van der Waals surface area contributed by atoms with Gasteiger partial charge in [-0.2, -0.15) is 0 Å². The summed E-state index contributed by atoms with van der Waals surface area (Å²) in [7, 11) is 1.37. The molecule has 0 spiro atoms. The van der Waals surface area contributed by atoms with E-state index in [4.69, 9.17) is 21.1 Å². The van der Waals surface area contributed by atoms with Crippen LogP contribution >= 0.6 is 22.9 Å². The Morgan fingerprint density at radius 1 is 1.10 bits per heavy atom. The van der Waals surface area contributed by atoms with E-state index in [1.54, 1.807) is 0 Å². The van der Waals surface area contributed by atoms with E-state index in [1.807, 2.05) is 55.5 Å². The molecule has 4 aromatic rings. The van der Waals surface area contributed by atoms with E-state index in [9.17, 15) is 4.79 Å². The van der Waals surface area contributed by atoms with Crippen LogP contribution in [0.5, 0.6) is 5.75 Å². The van der Waals surface area contributed by atoms with Crippen LogP contribution in [0.2, 0.25) is 5.02 Å². The number of ether oxygens (including phenoxy) is 2. The molecular formula is C22H18ClN3O3S. The number of carbonyl (C=O) groups excluding carboxylic acids is 1. The summed E-state index contributed by atoms with van der Waals surface area (Å²) < 4.78 is 10.7. The lowest BCUT2D eigenvalue weighted by Gasteiger charge is -2.10. The highest BCUT2D eigenvalue weighted by Crippen LogP contribution is 2.35. The van der Waals surface area contributed by atoms with Crippen LogP contribution in [0.1, 0.15) is 20.8 Å². The average molecular weight is 440 g/mol. The summed E-state index contributed by atoms with van der Waals surface area (Å²) in [5.41, 5.74) is 2.69. The van der Waals surface area contributed by atoms with Crippen LogP contribution in [-0.2, 0) is 11.3 Å². The van der Waals surface area contributed by atoms with Gasteiger partial charge < -0.3 is 14.8 Å². The van der Waals surface area contributed by atoms with Crippen molar-refractivity contribution < 1.29 is 14.3 Å². The highest BCUT2D eigenvalue weighted by atomic mass is 35.5. The predicted octanol–water partition coefficient (Wildman–Crippen LogP) is 5.76. The normalized spacial score (nSPS) is 10.8. The molecule has 1 N–H and O–H groups in total. The number of nitrogens with one attached hydrogen (secondary N) is 1. The molecule has 6 nitrogen and oxygen atoms in total. The van der Waals surface area contributed by atoms with Gasteiger partial charge in [0.2, 0.25) is 0 Å². The molecule has 2 heterocycles. The molecule has 0 fully saturated rings. The SMILES string of the molecule is COC(=O)c1sc2ncnc(Nc3ccc(OCc4ccc(Cl)cc4)cc3)c2c1C. The van der Waals surface area contributed by atoms with Crippen LogP contribution in [-0.4, -0.2) is 23.0 Å². The standard InChI is InChI=1S/C22H18ClN3O3S/c1-13-18-20(24-12-25-21(18)30-19(13)22(27)28-2)26-16-7-9-17(10-8-16)29-11-14-3-5-15(23)6-4-14/h3-10,12H,11H2,1-2H3,(H,24,25,26). The molecule has 2 aromatic carbocycles. The number of fused-ring (bicyclic) bond motifs is 1. The van der Waals surface area contributed by atoms with Gasteiger partial charge in [0.1, 0.15) is 34.2 Å². The zero-order valence-electron chi connectivity index (χ0n) is 16.3. The molecule has 0 aliphatic rings. The highest BCUT2D eigenvalue weighted by Gasteiger charge is 2.19. The topological polar surface area (TPSA) is 73.3 Å². The van der Waals surface area contributed by atoms with Gasteiger partial charge in [0, 0.05) is 10.7 Å². The fraction of sp³-hybridized carbons (Fsp3) is 0.136. The Morgan fingerprint density at radius 3 is 2.53 bits per heavy atom. The van der Waals surface area contributed by atoms with Crippen molar-refractivity contribution in [3.8, 4) is 5.75 Å². The molecule has 8 heteroatoms. The van der Waals surface area contributed by atoms with E-state index in [0.29, 0.717) is 22.3 Å². The van der Waals surface area contributed by atoms with Gasteiger partial charge in [-0.25, -0.2) is 14.8 Å². The van der Waals surface area contributed by atoms with Gasteiger partial charge in [0.05, 0.1) is 12.5 Å². The number of halogens is 1. The van der Waals surface area contributed by atoms with Crippen molar-refractivity contribution in [2.24, 2.45) is 0 Å². The molecule has 0 atom stereocenters. The van der Waals surface area contributed by atoms with Crippen molar-refractivity contribution in [3.05, 3.63) is 75.9 Å². The Hall–Kier alpha value is -3.16. The summed E-state index contributed by atoms with van der Waals surface area (Å²) in [4.78, 5) is 21.9. The predicted molar refractivity (Wildman–Crippen MR) is 119 cm³/mol. The van der Waals surface area contributed by atoms with E-state index in [-0.39, 0.29) is 5.97 Å². The second kappa shape index (κ2) is 8.69. The Kier molecular flexibility index (Phi) is 5.83. The van der Waals surface area contributed by atoms with E-state index in [0.717, 1.165) is 32.8 Å². The number of carbonyl (C=O) groups is 1. The second-order valence-electron chi connectivity index (χ2n) is 6.51. The number of hydrogen-bond donors (Lipinski definition) is 1. The lowest BCUT2D eigenvalue weighted by molar-refractivity contribution is 0.0605. The van der Waals surface area contributed by atoms with Gasteiger partial charge >= 0.3 is 5.97 Å². The molecule has 0 saturated heterocycles. The smallest absolute Gasteiger partial charge is 0.348 e. The summed E-state index contributed by atoms with van der Waals surface area (Å²) in [6.07, 6.45) is 1.48. The number of hydrogen-bond acceptors (Lipinski definition) is 7. The minimum Gasteiger partial charge on any atom is -0.489 e. The van der Waals surface area contributed by atoms with Crippen LogP contribution in [0.25, 0.3) is 10.2 Å². The molecule has 4 rings (SSSR count). The Bertz CT molecular complexity index is 1190. The summed E-state index contributed by atoms with van der Waals surface area (Å²) >= 11 is 7.20. The van der Waals surface area contributed by atoms with Crippen molar-refractivity contribution in [2.75, 3.05) is 12.4 Å². The number of rotatable bonds is 6. The number of nitrogens with zero attached hydrogens (tertiary/aromatic N) is 2. The van der Waals surface area contributed by atoms with E-state index in [1.165, 1.54) is 24.8 Å². The highest BCUT2D eigenvalue weighted by molar-refractivity contribution is 7.20. The first kappa shape index (κ1) is 20.1. The first-order chi connectivity index (χ1) is 14.5. The molecule has 30 heavy (non-hydrogen) atoms. The zero-order chi connectivity index (χ0) is 21.1. The lowest BCUT2D eigenvalue weighted by atomic mass is 10.2. The van der Waals surface area contributed by atoms with E-state index >= 15 is 0 Å². The summed E-state index contributed by atoms with van der Waals surface area (Å²) in [5.74, 6) is 1.02. The number of benzene rings is 2. The van der Waals surface area contributed by atoms with Gasteiger partial charge in [-0.3, -0.25) is 0 Å². The fourth-order valence-corrected chi connectivity index (χ4v) is 4.17. The number of thiophene rings is 1. The summed E-state index contributed by atoms with van der Waals surface area (Å²) in [6, 6.07) is 15.1. The largest absolute Gasteiger partial charge is 0.489 e. The van der Waals surface area contributed by atoms with Crippen molar-refractivity contribution in [2.45, 2.75) is 13.5 Å². The lowest BCUT2D eigenvalue weighted by Crippen LogP contribution is -2.00. The molecule has 0 radical (unpaired) electrons. The zero-order valence-corrected chi connectivity index (χ0v) is 17.9. The number of aryl methyl sites for hydroxylation is 1. The molecular weight excluding hydrogens is 422 g/mol. The van der Waals surface area contributed by atoms with Gasteiger partial charge in [0.15, 0.2) is 0 Å². The number of anilines is 2. The van der Waals surface area contributed by atoms with Gasteiger partial charge in [-0.1, -0.05) is 23.7 Å². The van der Waals surface area contributed by atoms with Crippen molar-refractivity contribution in [3.63, 3.8) is 0 Å². The van der Waals surface area contributed by atoms with Crippen molar-refractivity contribution >= 4 is 50.6 Å². The van der Waals surface area contributed by atoms with Crippen molar-refractivity contribution in [1.82, 2.24) is 9.97 Å². The summed E-state index contributed by atoms with van der Waals surface area (Å²) in [5, 5.41) is 4.81. The molecule has 152 valence electrons. The third-order valence-corrected chi connectivity index (χ3v) is 5.97. The quantitative estimate of drug-likeness (QED) is 0.385. The minimum atomic E-state index is -0.372. The molecule has 2 aromatic heterocycles. The van der Waals surface area contributed by atoms with Gasteiger partial charge in [-0.05, 0) is 54.4 Å². The maximum Gasteiger partial charge on any atom is 0.348 e. The number of aromatic nitrogens is 2. The second-order valence-corrected chi connectivity index (χ2v) is 7.95. The maximum atomic E-state index is 12.0. The van der Waals surface area contributed by atoms with Crippen LogP contribution < -0.4 is 10.1 Å². The summed E-state index contributed by atoms with van der Waals surface area (Å²) in [6.45, 7) is 2.33. The monoisotopic (exact) mass is 439 g/mol. The third kappa shape index (κ3) is 4.22. The Labute approximate surface area is 182 Å². The van der Waals surface area contributed by atoms with E-state index < -0.39 is 0 Å². The first-order valence-electron chi connectivity index (χ1n) is 9.12.